The van der Waals surface area contributed by atoms with E-state index in [1.807, 2.05) is 19.9 Å². The number of hydrogen-bond acceptors (Lipinski definition) is 3. The Labute approximate surface area is 141 Å². The fourth-order valence-electron chi connectivity index (χ4n) is 2.24. The molecule has 2 aromatic carbocycles. The zero-order valence-electron chi connectivity index (χ0n) is 13.8. The van der Waals surface area contributed by atoms with E-state index in [9.17, 15) is 9.59 Å². The number of aromatic carboxylic acids is 1. The van der Waals surface area contributed by atoms with E-state index < -0.39 is 5.97 Å². The first-order valence-electron chi connectivity index (χ1n) is 7.83. The highest BCUT2D eigenvalue weighted by Gasteiger charge is 2.12. The average molecular weight is 327 g/mol. The molecule has 2 N–H and O–H groups in total. The van der Waals surface area contributed by atoms with E-state index in [2.05, 4.69) is 5.32 Å². The summed E-state index contributed by atoms with van der Waals surface area (Å²) in [5.41, 5.74) is 1.72. The first-order valence-corrected chi connectivity index (χ1v) is 7.83. The van der Waals surface area contributed by atoms with Crippen molar-refractivity contribution >= 4 is 11.9 Å². The molecule has 0 aliphatic rings. The summed E-state index contributed by atoms with van der Waals surface area (Å²) in [6.45, 7) is 4.28. The molecule has 2 aromatic rings. The van der Waals surface area contributed by atoms with E-state index >= 15 is 0 Å². The monoisotopic (exact) mass is 327 g/mol. The summed E-state index contributed by atoms with van der Waals surface area (Å²) in [5, 5.41) is 11.7. The molecule has 126 valence electrons. The lowest BCUT2D eigenvalue weighted by Gasteiger charge is -2.14. The Bertz CT molecular complexity index is 708. The molecule has 0 heterocycles. The van der Waals surface area contributed by atoms with Crippen molar-refractivity contribution in [1.29, 1.82) is 0 Å². The smallest absolute Gasteiger partial charge is 0.335 e. The Hall–Kier alpha value is -2.82. The molecule has 0 bridgehead atoms. The third-order valence-electron chi connectivity index (χ3n) is 3.39. The highest BCUT2D eigenvalue weighted by molar-refractivity contribution is 5.96. The number of hydrogen-bond donors (Lipinski definition) is 2. The summed E-state index contributed by atoms with van der Waals surface area (Å²) >= 11 is 0. The Kier molecular flexibility index (Phi) is 5.95. The van der Waals surface area contributed by atoms with Crippen LogP contribution in [0, 0.1) is 0 Å². The van der Waals surface area contributed by atoms with Crippen LogP contribution in [0.15, 0.2) is 48.5 Å². The second-order valence-electron chi connectivity index (χ2n) is 5.67. The lowest BCUT2D eigenvalue weighted by molar-refractivity contribution is 0.0696. The fourth-order valence-corrected chi connectivity index (χ4v) is 2.24. The number of nitrogens with one attached hydrogen (secondary N) is 1. The van der Waals surface area contributed by atoms with Crippen LogP contribution in [0.1, 0.15) is 40.1 Å². The molecule has 0 saturated heterocycles. The van der Waals surface area contributed by atoms with Crippen LogP contribution in [-0.2, 0) is 6.42 Å². The number of amides is 1. The van der Waals surface area contributed by atoms with E-state index in [1.165, 1.54) is 0 Å². The molecule has 0 atom stereocenters. The second kappa shape index (κ2) is 8.15. The molecule has 5 heteroatoms. The maximum Gasteiger partial charge on any atom is 0.335 e. The van der Waals surface area contributed by atoms with Gasteiger partial charge in [0.1, 0.15) is 5.75 Å². The summed E-state index contributed by atoms with van der Waals surface area (Å²) in [7, 11) is 0. The predicted octanol–water partition coefficient (Wildman–Crippen LogP) is 3.14. The van der Waals surface area contributed by atoms with Gasteiger partial charge in [0.2, 0.25) is 0 Å². The Morgan fingerprint density at radius 1 is 1.08 bits per heavy atom. The minimum absolute atomic E-state index is 0.00769. The van der Waals surface area contributed by atoms with Crippen molar-refractivity contribution in [3.63, 3.8) is 0 Å². The predicted molar refractivity (Wildman–Crippen MR) is 91.6 cm³/mol. The Balaban J connectivity index is 1.92. The molecule has 0 unspecified atom stereocenters. The third-order valence-corrected chi connectivity index (χ3v) is 3.39. The number of benzene rings is 2. The largest absolute Gasteiger partial charge is 0.490 e. The molecule has 0 fully saturated rings. The van der Waals surface area contributed by atoms with E-state index in [4.69, 9.17) is 9.84 Å². The molecular formula is C19H21NO4. The number of rotatable bonds is 7. The maximum absolute atomic E-state index is 12.3. The van der Waals surface area contributed by atoms with Gasteiger partial charge >= 0.3 is 5.97 Å². The van der Waals surface area contributed by atoms with Crippen LogP contribution in [0.4, 0.5) is 0 Å². The molecule has 0 spiro atoms. The van der Waals surface area contributed by atoms with Crippen molar-refractivity contribution in [2.24, 2.45) is 0 Å². The van der Waals surface area contributed by atoms with Gasteiger partial charge in [-0.3, -0.25) is 4.79 Å². The van der Waals surface area contributed by atoms with Gasteiger partial charge in [0, 0.05) is 6.54 Å². The third kappa shape index (κ3) is 4.84. The Morgan fingerprint density at radius 3 is 2.38 bits per heavy atom. The van der Waals surface area contributed by atoms with Crippen molar-refractivity contribution in [3.05, 3.63) is 65.2 Å². The molecule has 1 amide bonds. The van der Waals surface area contributed by atoms with E-state index in [1.54, 1.807) is 42.5 Å². The molecule has 0 radical (unpaired) electrons. The molecule has 24 heavy (non-hydrogen) atoms. The SMILES string of the molecule is CC(C)Oc1ccccc1C(=O)NCCc1ccc(C(=O)O)cc1. The van der Waals surface area contributed by atoms with Gasteiger partial charge in [0.25, 0.3) is 5.91 Å². The molecule has 0 aliphatic heterocycles. The van der Waals surface area contributed by atoms with Crippen LogP contribution in [0.2, 0.25) is 0 Å². The van der Waals surface area contributed by atoms with Crippen molar-refractivity contribution in [2.45, 2.75) is 26.4 Å². The first-order chi connectivity index (χ1) is 11.5. The van der Waals surface area contributed by atoms with E-state index in [-0.39, 0.29) is 17.6 Å². The van der Waals surface area contributed by atoms with E-state index in [0.717, 1.165) is 5.56 Å². The summed E-state index contributed by atoms with van der Waals surface area (Å²) < 4.78 is 5.65. The number of carboxylic acid groups (broad SMARTS) is 1. The highest BCUT2D eigenvalue weighted by Crippen LogP contribution is 2.19. The molecular weight excluding hydrogens is 306 g/mol. The van der Waals surface area contributed by atoms with Crippen LogP contribution in [0.25, 0.3) is 0 Å². The second-order valence-corrected chi connectivity index (χ2v) is 5.67. The van der Waals surface area contributed by atoms with Crippen LogP contribution < -0.4 is 10.1 Å². The number of carboxylic acids is 1. The minimum atomic E-state index is -0.948. The maximum atomic E-state index is 12.3. The summed E-state index contributed by atoms with van der Waals surface area (Å²) in [6.07, 6.45) is 0.616. The zero-order chi connectivity index (χ0) is 17.5. The van der Waals surface area contributed by atoms with Gasteiger partial charge in [-0.15, -0.1) is 0 Å². The van der Waals surface area contributed by atoms with Crippen molar-refractivity contribution in [3.8, 4) is 5.75 Å². The van der Waals surface area contributed by atoms with Gasteiger partial charge in [-0.25, -0.2) is 4.79 Å². The first kappa shape index (κ1) is 17.5. The average Bonchev–Trinajstić information content (AvgIpc) is 2.55. The molecule has 0 aromatic heterocycles. The van der Waals surface area contributed by atoms with Crippen molar-refractivity contribution in [2.75, 3.05) is 6.54 Å². The fraction of sp³-hybridized carbons (Fsp3) is 0.263. The molecule has 0 aliphatic carbocycles. The number of para-hydroxylation sites is 1. The number of carbonyl (C=O) groups is 2. The number of carbonyl (C=O) groups excluding carboxylic acids is 1. The van der Waals surface area contributed by atoms with Crippen LogP contribution in [0.3, 0.4) is 0 Å². The van der Waals surface area contributed by atoms with Crippen molar-refractivity contribution < 1.29 is 19.4 Å². The zero-order valence-corrected chi connectivity index (χ0v) is 13.8. The van der Waals surface area contributed by atoms with Gasteiger partial charge < -0.3 is 15.2 Å². The van der Waals surface area contributed by atoms with E-state index in [0.29, 0.717) is 24.3 Å². The van der Waals surface area contributed by atoms with Crippen molar-refractivity contribution in [1.82, 2.24) is 5.32 Å². The lowest BCUT2D eigenvalue weighted by Crippen LogP contribution is -2.26. The quantitative estimate of drug-likeness (QED) is 0.819. The summed E-state index contributed by atoms with van der Waals surface area (Å²) in [4.78, 5) is 23.1. The summed E-state index contributed by atoms with van der Waals surface area (Å²) in [5.74, 6) is -0.569. The van der Waals surface area contributed by atoms with Crippen LogP contribution in [0.5, 0.6) is 5.75 Å². The number of ether oxygens (including phenoxy) is 1. The summed E-state index contributed by atoms with van der Waals surface area (Å²) in [6, 6.07) is 13.8. The molecule has 0 saturated carbocycles. The topological polar surface area (TPSA) is 75.6 Å². The highest BCUT2D eigenvalue weighted by atomic mass is 16.5. The lowest BCUT2D eigenvalue weighted by atomic mass is 10.1. The van der Waals surface area contributed by atoms with Gasteiger partial charge in [0.15, 0.2) is 0 Å². The van der Waals surface area contributed by atoms with Gasteiger partial charge in [-0.1, -0.05) is 24.3 Å². The van der Waals surface area contributed by atoms with Gasteiger partial charge in [-0.2, -0.15) is 0 Å². The van der Waals surface area contributed by atoms with Gasteiger partial charge in [0.05, 0.1) is 17.2 Å². The normalized spacial score (nSPS) is 10.5. The standard InChI is InChI=1S/C19H21NO4/c1-13(2)24-17-6-4-3-5-16(17)18(21)20-12-11-14-7-9-15(10-8-14)19(22)23/h3-10,13H,11-12H2,1-2H3,(H,20,21)(H,22,23). The van der Waals surface area contributed by atoms with Gasteiger partial charge in [-0.05, 0) is 50.1 Å². The molecule has 2 rings (SSSR count). The minimum Gasteiger partial charge on any atom is -0.490 e. The molecule has 5 nitrogen and oxygen atoms in total. The van der Waals surface area contributed by atoms with Crippen LogP contribution >= 0.6 is 0 Å². The Morgan fingerprint density at radius 2 is 1.75 bits per heavy atom. The van der Waals surface area contributed by atoms with Crippen LogP contribution in [-0.4, -0.2) is 29.6 Å².